The number of benzene rings is 3. The van der Waals surface area contributed by atoms with E-state index in [0.29, 0.717) is 0 Å². The molecular weight excluding hydrogens is 294 g/mol. The molecule has 0 fully saturated rings. The van der Waals surface area contributed by atoms with Crippen LogP contribution in [0, 0.1) is 5.41 Å². The van der Waals surface area contributed by atoms with Gasteiger partial charge in [-0.1, -0.05) is 66.7 Å². The van der Waals surface area contributed by atoms with Gasteiger partial charge in [0.05, 0.1) is 0 Å². The van der Waals surface area contributed by atoms with Crippen molar-refractivity contribution in [1.82, 2.24) is 4.98 Å². The van der Waals surface area contributed by atoms with Gasteiger partial charge < -0.3 is 10.7 Å². The molecule has 1 aromatic heterocycles. The lowest BCUT2D eigenvalue weighted by atomic mass is 10.0. The summed E-state index contributed by atoms with van der Waals surface area (Å²) >= 11 is 0. The Morgan fingerprint density at radius 3 is 2.12 bits per heavy atom. The lowest BCUT2D eigenvalue weighted by Gasteiger charge is -2.03. The summed E-state index contributed by atoms with van der Waals surface area (Å²) in [6, 6.07) is 26.8. The number of amidine groups is 1. The summed E-state index contributed by atoms with van der Waals surface area (Å²) in [4.78, 5) is 3.41. The highest BCUT2D eigenvalue weighted by Gasteiger charge is 2.06. The van der Waals surface area contributed by atoms with Gasteiger partial charge in [-0.05, 0) is 28.8 Å². The van der Waals surface area contributed by atoms with Gasteiger partial charge in [-0.15, -0.1) is 0 Å². The molecule has 3 aromatic carbocycles. The number of fused-ring (bicyclic) bond motifs is 1. The maximum absolute atomic E-state index is 7.55. The molecule has 0 unspecified atom stereocenters. The third-order valence-electron chi connectivity index (χ3n) is 4.24. The predicted octanol–water partition coefficient (Wildman–Crippen LogP) is 4.79. The molecule has 3 heteroatoms. The molecule has 4 rings (SSSR count). The second kappa shape index (κ2) is 5.70. The Labute approximate surface area is 140 Å². The molecule has 0 spiro atoms. The summed E-state index contributed by atoms with van der Waals surface area (Å²) in [6.07, 6.45) is 0. The van der Waals surface area contributed by atoms with Gasteiger partial charge in [0.2, 0.25) is 0 Å². The van der Waals surface area contributed by atoms with E-state index in [2.05, 4.69) is 47.4 Å². The van der Waals surface area contributed by atoms with Gasteiger partial charge in [0, 0.05) is 22.2 Å². The zero-order valence-electron chi connectivity index (χ0n) is 13.1. The smallest absolute Gasteiger partial charge is 0.122 e. The number of aromatic nitrogens is 1. The van der Waals surface area contributed by atoms with Crippen LogP contribution >= 0.6 is 0 Å². The fraction of sp³-hybridized carbons (Fsp3) is 0. The van der Waals surface area contributed by atoms with Crippen LogP contribution in [0.1, 0.15) is 5.56 Å². The number of H-pyrrole nitrogens is 1. The Balaban J connectivity index is 1.71. The van der Waals surface area contributed by atoms with Crippen LogP contribution in [0.5, 0.6) is 0 Å². The molecule has 0 amide bonds. The van der Waals surface area contributed by atoms with Crippen LogP contribution in [0.25, 0.3) is 33.3 Å². The van der Waals surface area contributed by atoms with Crippen LogP contribution < -0.4 is 5.73 Å². The Morgan fingerprint density at radius 1 is 0.750 bits per heavy atom. The lowest BCUT2D eigenvalue weighted by molar-refractivity contribution is 1.42. The second-order valence-electron chi connectivity index (χ2n) is 5.84. The van der Waals surface area contributed by atoms with Crippen molar-refractivity contribution >= 4 is 16.7 Å². The molecule has 4 N–H and O–H groups in total. The quantitative estimate of drug-likeness (QED) is 0.370. The molecule has 0 aliphatic heterocycles. The van der Waals surface area contributed by atoms with Gasteiger partial charge >= 0.3 is 0 Å². The molecule has 0 radical (unpaired) electrons. The highest BCUT2D eigenvalue weighted by Crippen LogP contribution is 2.27. The van der Waals surface area contributed by atoms with Gasteiger partial charge in [-0.25, -0.2) is 0 Å². The molecule has 4 aromatic rings. The molecule has 0 aliphatic carbocycles. The highest BCUT2D eigenvalue weighted by molar-refractivity contribution is 5.99. The minimum Gasteiger partial charge on any atom is -0.384 e. The van der Waals surface area contributed by atoms with Crippen LogP contribution in [-0.4, -0.2) is 10.8 Å². The van der Waals surface area contributed by atoms with Gasteiger partial charge in [-0.3, -0.25) is 5.41 Å². The van der Waals surface area contributed by atoms with Gasteiger partial charge in [0.1, 0.15) is 5.84 Å². The summed E-state index contributed by atoms with van der Waals surface area (Å²) in [5.41, 5.74) is 11.9. The first-order chi connectivity index (χ1) is 11.7. The van der Waals surface area contributed by atoms with Crippen molar-refractivity contribution in [3.05, 3.63) is 84.4 Å². The van der Waals surface area contributed by atoms with E-state index in [1.54, 1.807) is 0 Å². The van der Waals surface area contributed by atoms with Crippen LogP contribution in [0.3, 0.4) is 0 Å². The predicted molar refractivity (Wildman–Crippen MR) is 100 cm³/mol. The molecule has 0 atom stereocenters. The van der Waals surface area contributed by atoms with E-state index in [4.69, 9.17) is 11.1 Å². The van der Waals surface area contributed by atoms with E-state index in [9.17, 15) is 0 Å². The maximum Gasteiger partial charge on any atom is 0.122 e. The first-order valence-corrected chi connectivity index (χ1v) is 7.84. The largest absolute Gasteiger partial charge is 0.384 e. The summed E-state index contributed by atoms with van der Waals surface area (Å²) in [5.74, 6) is 0.0836. The first-order valence-electron chi connectivity index (χ1n) is 7.84. The molecule has 1 heterocycles. The highest BCUT2D eigenvalue weighted by atomic mass is 14.7. The monoisotopic (exact) mass is 311 g/mol. The number of hydrogen-bond acceptors (Lipinski definition) is 1. The lowest BCUT2D eigenvalue weighted by Crippen LogP contribution is -2.10. The van der Waals surface area contributed by atoms with Crippen LogP contribution in [0.15, 0.2) is 78.9 Å². The molecule has 24 heavy (non-hydrogen) atoms. The van der Waals surface area contributed by atoms with E-state index < -0.39 is 0 Å². The van der Waals surface area contributed by atoms with E-state index in [1.165, 1.54) is 11.1 Å². The van der Waals surface area contributed by atoms with Crippen molar-refractivity contribution in [3.8, 4) is 22.4 Å². The van der Waals surface area contributed by atoms with E-state index >= 15 is 0 Å². The maximum atomic E-state index is 7.55. The van der Waals surface area contributed by atoms with E-state index in [0.717, 1.165) is 27.7 Å². The Hall–Kier alpha value is -3.33. The summed E-state index contributed by atoms with van der Waals surface area (Å²) in [6.45, 7) is 0. The van der Waals surface area contributed by atoms with Gasteiger partial charge in [0.25, 0.3) is 0 Å². The third-order valence-corrected chi connectivity index (χ3v) is 4.24. The molecule has 0 saturated heterocycles. The number of hydrogen-bond donors (Lipinski definition) is 3. The van der Waals surface area contributed by atoms with Crippen molar-refractivity contribution in [2.24, 2.45) is 5.73 Å². The number of nitrogens with two attached hydrogens (primary N) is 1. The molecule has 0 bridgehead atoms. The molecule has 0 saturated carbocycles. The molecule has 3 nitrogen and oxygen atoms in total. The fourth-order valence-electron chi connectivity index (χ4n) is 2.92. The van der Waals surface area contributed by atoms with Crippen molar-refractivity contribution < 1.29 is 0 Å². The third kappa shape index (κ3) is 2.57. The molecule has 0 aliphatic rings. The van der Waals surface area contributed by atoms with Gasteiger partial charge in [0.15, 0.2) is 0 Å². The van der Waals surface area contributed by atoms with Crippen molar-refractivity contribution in [2.75, 3.05) is 0 Å². The summed E-state index contributed by atoms with van der Waals surface area (Å²) in [5, 5.41) is 8.66. The summed E-state index contributed by atoms with van der Waals surface area (Å²) < 4.78 is 0. The zero-order chi connectivity index (χ0) is 16.5. The minimum atomic E-state index is 0.0836. The average molecular weight is 311 g/mol. The number of nitrogens with one attached hydrogen (secondary N) is 2. The van der Waals surface area contributed by atoms with E-state index in [1.807, 2.05) is 36.4 Å². The van der Waals surface area contributed by atoms with E-state index in [-0.39, 0.29) is 5.84 Å². The molecule has 116 valence electrons. The van der Waals surface area contributed by atoms with Crippen LogP contribution in [-0.2, 0) is 0 Å². The molecular formula is C21H17N3. The zero-order valence-corrected chi connectivity index (χ0v) is 13.1. The number of rotatable bonds is 3. The summed E-state index contributed by atoms with van der Waals surface area (Å²) in [7, 11) is 0. The topological polar surface area (TPSA) is 65.7 Å². The number of aromatic amines is 1. The van der Waals surface area contributed by atoms with Crippen LogP contribution in [0.2, 0.25) is 0 Å². The van der Waals surface area contributed by atoms with Crippen molar-refractivity contribution in [3.63, 3.8) is 0 Å². The number of nitrogen functional groups attached to an aromatic ring is 1. The fourth-order valence-corrected chi connectivity index (χ4v) is 2.92. The van der Waals surface area contributed by atoms with Gasteiger partial charge in [-0.2, -0.15) is 0 Å². The van der Waals surface area contributed by atoms with Crippen LogP contribution in [0.4, 0.5) is 0 Å². The normalized spacial score (nSPS) is 10.8. The first kappa shape index (κ1) is 14.3. The van der Waals surface area contributed by atoms with Crippen molar-refractivity contribution in [1.29, 1.82) is 5.41 Å². The minimum absolute atomic E-state index is 0.0836. The standard InChI is InChI=1S/C21H17N3/c22-21(23)18-11-10-17-12-19(24-20(17)13-18)16-8-6-15(7-9-16)14-4-2-1-3-5-14/h1-13,24H,(H3,22,23). The Bertz CT molecular complexity index is 1010. The Kier molecular flexibility index (Phi) is 3.39. The average Bonchev–Trinajstić information content (AvgIpc) is 3.06. The second-order valence-corrected chi connectivity index (χ2v) is 5.84. The Morgan fingerprint density at radius 2 is 1.42 bits per heavy atom. The SMILES string of the molecule is N=C(N)c1ccc2cc(-c3ccc(-c4ccccc4)cc3)[nH]c2c1. The van der Waals surface area contributed by atoms with Crippen molar-refractivity contribution in [2.45, 2.75) is 0 Å².